The van der Waals surface area contributed by atoms with E-state index in [1.165, 1.54) is 0 Å². The quantitative estimate of drug-likeness (QED) is 0.399. The summed E-state index contributed by atoms with van der Waals surface area (Å²) in [6, 6.07) is 17.6. The number of amides is 2. The zero-order chi connectivity index (χ0) is 20.1. The number of rotatable bonds is 5. The number of benzene rings is 2. The summed E-state index contributed by atoms with van der Waals surface area (Å²) in [4.78, 5) is 26.3. The molecule has 1 aliphatic heterocycles. The van der Waals surface area contributed by atoms with E-state index < -0.39 is 5.91 Å². The van der Waals surface area contributed by atoms with Gasteiger partial charge in [0.1, 0.15) is 11.6 Å². The van der Waals surface area contributed by atoms with Crippen molar-refractivity contribution in [3.8, 4) is 6.07 Å². The van der Waals surface area contributed by atoms with Crippen LogP contribution in [0, 0.1) is 11.3 Å². The molecule has 0 bridgehead atoms. The first kappa shape index (κ1) is 19.5. The molecule has 0 unspecified atom stereocenters. The SMILES string of the molecule is C=C(C)C(=O)NCCNC(=O)C(C#N)=C1c2ccccc2Sc2ccccc21. The van der Waals surface area contributed by atoms with E-state index in [-0.39, 0.29) is 24.6 Å². The van der Waals surface area contributed by atoms with Crippen LogP contribution in [-0.2, 0) is 9.59 Å². The monoisotopic (exact) mass is 389 g/mol. The fourth-order valence-corrected chi connectivity index (χ4v) is 3.96. The molecule has 5 nitrogen and oxygen atoms in total. The molecule has 0 aromatic heterocycles. The van der Waals surface area contributed by atoms with Gasteiger partial charge in [-0.2, -0.15) is 5.26 Å². The van der Waals surface area contributed by atoms with Gasteiger partial charge >= 0.3 is 0 Å². The van der Waals surface area contributed by atoms with Crippen molar-refractivity contribution in [3.63, 3.8) is 0 Å². The highest BCUT2D eigenvalue weighted by atomic mass is 32.2. The molecular formula is C22H19N3O2S. The summed E-state index contributed by atoms with van der Waals surface area (Å²) in [7, 11) is 0. The highest BCUT2D eigenvalue weighted by molar-refractivity contribution is 7.99. The van der Waals surface area contributed by atoms with Crippen LogP contribution in [0.15, 0.2) is 76.0 Å². The van der Waals surface area contributed by atoms with Crippen molar-refractivity contribution in [3.05, 3.63) is 77.4 Å². The molecule has 2 N–H and O–H groups in total. The number of carbonyl (C=O) groups excluding carboxylic acids is 2. The number of fused-ring (bicyclic) bond motifs is 2. The average molecular weight is 389 g/mol. The normalized spacial score (nSPS) is 11.5. The van der Waals surface area contributed by atoms with Gasteiger partial charge in [-0.3, -0.25) is 9.59 Å². The standard InChI is InChI=1S/C22H19N3O2S/c1-14(2)21(26)24-11-12-25-22(27)17(13-23)20-15-7-3-5-9-18(15)28-19-10-6-4-8-16(19)20/h3-10H,1,11-12H2,2H3,(H,24,26)(H,25,27). The summed E-state index contributed by atoms with van der Waals surface area (Å²) in [5.74, 6) is -0.723. The van der Waals surface area contributed by atoms with E-state index in [4.69, 9.17) is 0 Å². The molecular weight excluding hydrogens is 370 g/mol. The van der Waals surface area contributed by atoms with Crippen molar-refractivity contribution in [2.45, 2.75) is 16.7 Å². The van der Waals surface area contributed by atoms with E-state index in [1.54, 1.807) is 18.7 Å². The molecule has 6 heteroatoms. The Morgan fingerprint density at radius 2 is 1.46 bits per heavy atom. The summed E-state index contributed by atoms with van der Waals surface area (Å²) < 4.78 is 0. The summed E-state index contributed by atoms with van der Waals surface area (Å²) in [6.07, 6.45) is 0. The lowest BCUT2D eigenvalue weighted by Crippen LogP contribution is -2.35. The Morgan fingerprint density at radius 1 is 0.964 bits per heavy atom. The van der Waals surface area contributed by atoms with E-state index in [0.29, 0.717) is 11.1 Å². The van der Waals surface area contributed by atoms with Crippen LogP contribution in [0.4, 0.5) is 0 Å². The Hall–Kier alpha value is -3.30. The molecule has 0 atom stereocenters. The number of nitrogens with zero attached hydrogens (tertiary/aromatic N) is 1. The van der Waals surface area contributed by atoms with Gasteiger partial charge in [0.15, 0.2) is 0 Å². The Kier molecular flexibility index (Phi) is 5.97. The third-order valence-electron chi connectivity index (χ3n) is 4.21. The van der Waals surface area contributed by atoms with Gasteiger partial charge in [0.25, 0.3) is 5.91 Å². The second-order valence-corrected chi connectivity index (χ2v) is 7.33. The van der Waals surface area contributed by atoms with Gasteiger partial charge in [0.05, 0.1) is 0 Å². The van der Waals surface area contributed by atoms with Crippen LogP contribution in [0.5, 0.6) is 0 Å². The Balaban J connectivity index is 1.90. The lowest BCUT2D eigenvalue weighted by atomic mass is 9.92. The van der Waals surface area contributed by atoms with Crippen LogP contribution in [0.2, 0.25) is 0 Å². The van der Waals surface area contributed by atoms with Crippen molar-refractivity contribution in [1.82, 2.24) is 10.6 Å². The molecule has 0 fully saturated rings. The van der Waals surface area contributed by atoms with E-state index in [1.807, 2.05) is 48.5 Å². The zero-order valence-electron chi connectivity index (χ0n) is 15.4. The highest BCUT2D eigenvalue weighted by Crippen LogP contribution is 2.46. The second-order valence-electron chi connectivity index (χ2n) is 6.25. The fourth-order valence-electron chi connectivity index (χ4n) is 2.87. The number of hydrogen-bond donors (Lipinski definition) is 2. The lowest BCUT2D eigenvalue weighted by molar-refractivity contribution is -0.119. The molecule has 0 saturated carbocycles. The highest BCUT2D eigenvalue weighted by Gasteiger charge is 2.26. The molecule has 0 saturated heterocycles. The first-order chi connectivity index (χ1) is 13.5. The lowest BCUT2D eigenvalue weighted by Gasteiger charge is -2.22. The van der Waals surface area contributed by atoms with Gasteiger partial charge in [-0.1, -0.05) is 54.7 Å². The van der Waals surface area contributed by atoms with Gasteiger partial charge < -0.3 is 10.6 Å². The molecule has 1 aliphatic rings. The minimum atomic E-state index is -0.460. The molecule has 2 aromatic carbocycles. The van der Waals surface area contributed by atoms with E-state index in [9.17, 15) is 14.9 Å². The van der Waals surface area contributed by atoms with Crippen LogP contribution in [0.1, 0.15) is 18.1 Å². The summed E-state index contributed by atoms with van der Waals surface area (Å²) in [5, 5.41) is 15.1. The molecule has 140 valence electrons. The topological polar surface area (TPSA) is 82.0 Å². The Labute approximate surface area is 168 Å². The zero-order valence-corrected chi connectivity index (χ0v) is 16.2. The van der Waals surface area contributed by atoms with Gasteiger partial charge in [-0.15, -0.1) is 0 Å². The third-order valence-corrected chi connectivity index (χ3v) is 5.36. The maximum Gasteiger partial charge on any atom is 0.262 e. The van der Waals surface area contributed by atoms with Crippen LogP contribution in [-0.4, -0.2) is 24.9 Å². The van der Waals surface area contributed by atoms with Crippen molar-refractivity contribution in [2.24, 2.45) is 0 Å². The molecule has 28 heavy (non-hydrogen) atoms. The number of carbonyl (C=O) groups is 2. The van der Waals surface area contributed by atoms with Crippen LogP contribution < -0.4 is 10.6 Å². The summed E-state index contributed by atoms with van der Waals surface area (Å²) in [6.45, 7) is 5.65. The van der Waals surface area contributed by atoms with Gasteiger partial charge in [-0.25, -0.2) is 0 Å². The molecule has 0 aliphatic carbocycles. The summed E-state index contributed by atoms with van der Waals surface area (Å²) in [5.41, 5.74) is 2.84. The smallest absolute Gasteiger partial charge is 0.262 e. The van der Waals surface area contributed by atoms with Crippen molar-refractivity contribution >= 4 is 29.1 Å². The molecule has 2 aromatic rings. The summed E-state index contributed by atoms with van der Waals surface area (Å²) >= 11 is 1.62. The Morgan fingerprint density at radius 3 is 1.96 bits per heavy atom. The van der Waals surface area contributed by atoms with Crippen molar-refractivity contribution in [1.29, 1.82) is 5.26 Å². The number of nitriles is 1. The predicted octanol–water partition coefficient (Wildman–Crippen LogP) is 3.29. The first-order valence-corrected chi connectivity index (χ1v) is 9.57. The number of hydrogen-bond acceptors (Lipinski definition) is 4. The Bertz CT molecular complexity index is 987. The minimum Gasteiger partial charge on any atom is -0.351 e. The maximum absolute atomic E-state index is 12.7. The van der Waals surface area contributed by atoms with Gasteiger partial charge in [0.2, 0.25) is 5.91 Å². The maximum atomic E-state index is 12.7. The first-order valence-electron chi connectivity index (χ1n) is 8.76. The predicted molar refractivity (Wildman–Crippen MR) is 109 cm³/mol. The van der Waals surface area contributed by atoms with Crippen molar-refractivity contribution in [2.75, 3.05) is 13.1 Å². The second kappa shape index (κ2) is 8.59. The molecule has 3 rings (SSSR count). The molecule has 1 heterocycles. The van der Waals surface area contributed by atoms with Crippen molar-refractivity contribution < 1.29 is 9.59 Å². The van der Waals surface area contributed by atoms with E-state index in [2.05, 4.69) is 23.3 Å². The van der Waals surface area contributed by atoms with E-state index in [0.717, 1.165) is 20.9 Å². The van der Waals surface area contributed by atoms with Crippen LogP contribution in [0.25, 0.3) is 5.57 Å². The third kappa shape index (κ3) is 4.00. The fraction of sp³-hybridized carbons (Fsp3) is 0.136. The minimum absolute atomic E-state index is 0.0615. The van der Waals surface area contributed by atoms with Crippen LogP contribution in [0.3, 0.4) is 0 Å². The van der Waals surface area contributed by atoms with Gasteiger partial charge in [0, 0.05) is 34.0 Å². The molecule has 0 radical (unpaired) electrons. The molecule has 0 spiro atoms. The largest absolute Gasteiger partial charge is 0.351 e. The van der Waals surface area contributed by atoms with E-state index >= 15 is 0 Å². The molecule has 2 amide bonds. The number of nitrogens with one attached hydrogen (secondary N) is 2. The van der Waals surface area contributed by atoms with Gasteiger partial charge in [-0.05, 0) is 30.2 Å². The van der Waals surface area contributed by atoms with Crippen LogP contribution >= 0.6 is 11.8 Å². The average Bonchev–Trinajstić information content (AvgIpc) is 2.70.